The Balaban J connectivity index is 1.98. The van der Waals surface area contributed by atoms with Crippen LogP contribution in [-0.4, -0.2) is 40.6 Å². The number of nitrogens with two attached hydrogens (primary N) is 1. The molecule has 1 atom stereocenters. The van der Waals surface area contributed by atoms with Gasteiger partial charge in [0, 0.05) is 29.6 Å². The fraction of sp³-hybridized carbons (Fsp3) is 0.267. The summed E-state index contributed by atoms with van der Waals surface area (Å²) in [4.78, 5) is 23.4. The second kappa shape index (κ2) is 5.04. The van der Waals surface area contributed by atoms with Gasteiger partial charge in [-0.3, -0.25) is 4.79 Å². The molecule has 3 heterocycles. The minimum atomic E-state index is -0.453. The number of morpholine rings is 1. The lowest BCUT2D eigenvalue weighted by Crippen LogP contribution is -2.33. The molecule has 7 heteroatoms. The summed E-state index contributed by atoms with van der Waals surface area (Å²) in [7, 11) is 0. The Morgan fingerprint density at radius 2 is 2.27 bits per heavy atom. The second-order valence-electron chi connectivity index (χ2n) is 5.30. The number of rotatable bonds is 2. The van der Waals surface area contributed by atoms with E-state index in [1.807, 2.05) is 6.07 Å². The van der Waals surface area contributed by atoms with Crippen LogP contribution in [0.15, 0.2) is 24.5 Å². The van der Waals surface area contributed by atoms with E-state index in [-0.39, 0.29) is 6.10 Å². The van der Waals surface area contributed by atoms with Crippen LogP contribution in [0.3, 0.4) is 0 Å². The van der Waals surface area contributed by atoms with Crippen molar-refractivity contribution in [2.45, 2.75) is 6.10 Å². The number of benzene rings is 1. The molecule has 0 bridgehead atoms. The Labute approximate surface area is 125 Å². The summed E-state index contributed by atoms with van der Waals surface area (Å²) in [5, 5.41) is 5.07. The zero-order valence-corrected chi connectivity index (χ0v) is 11.8. The van der Waals surface area contributed by atoms with Gasteiger partial charge in [0.05, 0.1) is 17.7 Å². The highest BCUT2D eigenvalue weighted by atomic mass is 16.5. The number of aromatic amines is 1. The maximum atomic E-state index is 11.4. The summed E-state index contributed by atoms with van der Waals surface area (Å²) < 4.78 is 5.81. The van der Waals surface area contributed by atoms with E-state index in [4.69, 9.17) is 10.5 Å². The fourth-order valence-electron chi connectivity index (χ4n) is 2.89. The number of aromatic nitrogens is 3. The van der Waals surface area contributed by atoms with E-state index in [1.165, 1.54) is 6.33 Å². The lowest BCUT2D eigenvalue weighted by molar-refractivity contribution is 0.0260. The van der Waals surface area contributed by atoms with Crippen LogP contribution in [-0.2, 0) is 4.74 Å². The number of hydrogen-bond acceptors (Lipinski definition) is 5. The molecule has 1 unspecified atom stereocenters. The number of ether oxygens (including phenoxy) is 1. The van der Waals surface area contributed by atoms with Crippen LogP contribution in [0, 0.1) is 0 Å². The Morgan fingerprint density at radius 3 is 3.05 bits per heavy atom. The molecule has 3 aromatic rings. The molecule has 0 saturated carbocycles. The molecular formula is C15H15N5O2. The second-order valence-corrected chi connectivity index (χ2v) is 5.30. The summed E-state index contributed by atoms with van der Waals surface area (Å²) in [6.45, 7) is 2.18. The Hall–Kier alpha value is -2.51. The van der Waals surface area contributed by atoms with E-state index in [0.29, 0.717) is 18.7 Å². The lowest BCUT2D eigenvalue weighted by Gasteiger charge is -2.23. The normalized spacial score (nSPS) is 18.8. The summed E-state index contributed by atoms with van der Waals surface area (Å²) in [5.74, 6) is -0.453. The van der Waals surface area contributed by atoms with E-state index in [1.54, 1.807) is 12.1 Å². The first-order chi connectivity index (χ1) is 10.7. The van der Waals surface area contributed by atoms with Gasteiger partial charge in [-0.2, -0.15) is 0 Å². The molecule has 0 radical (unpaired) electrons. The molecule has 1 aliphatic heterocycles. The average molecular weight is 297 g/mol. The molecule has 1 fully saturated rings. The van der Waals surface area contributed by atoms with Crippen LogP contribution >= 0.6 is 0 Å². The van der Waals surface area contributed by atoms with Crippen LogP contribution in [0.1, 0.15) is 22.2 Å². The molecule has 4 rings (SSSR count). The third-order valence-electron chi connectivity index (χ3n) is 3.94. The highest BCUT2D eigenvalue weighted by Gasteiger charge is 2.22. The number of primary amides is 1. The van der Waals surface area contributed by atoms with Gasteiger partial charge in [-0.15, -0.1) is 0 Å². The number of carbonyl (C=O) groups is 1. The number of H-pyrrole nitrogens is 1. The third kappa shape index (κ3) is 2.02. The lowest BCUT2D eigenvalue weighted by atomic mass is 10.1. The van der Waals surface area contributed by atoms with Gasteiger partial charge in [0.2, 0.25) is 5.91 Å². The molecule has 1 saturated heterocycles. The Kier molecular flexibility index (Phi) is 3.02. The molecule has 7 nitrogen and oxygen atoms in total. The van der Waals surface area contributed by atoms with Gasteiger partial charge in [-0.1, -0.05) is 0 Å². The summed E-state index contributed by atoms with van der Waals surface area (Å²) >= 11 is 0. The largest absolute Gasteiger partial charge is 0.369 e. The molecule has 1 aliphatic rings. The average Bonchev–Trinajstić information content (AvgIpc) is 2.93. The Morgan fingerprint density at radius 1 is 1.36 bits per heavy atom. The quantitative estimate of drug-likeness (QED) is 0.651. The molecule has 4 N–H and O–H groups in total. The first-order valence-corrected chi connectivity index (χ1v) is 7.12. The van der Waals surface area contributed by atoms with Crippen molar-refractivity contribution in [1.82, 2.24) is 20.3 Å². The minimum absolute atomic E-state index is 0.129. The van der Waals surface area contributed by atoms with Gasteiger partial charge in [-0.05, 0) is 18.2 Å². The third-order valence-corrected chi connectivity index (χ3v) is 3.94. The minimum Gasteiger partial charge on any atom is -0.369 e. The first kappa shape index (κ1) is 13.2. The smallest absolute Gasteiger partial charge is 0.248 e. The van der Waals surface area contributed by atoms with Crippen molar-refractivity contribution >= 4 is 27.8 Å². The van der Waals surface area contributed by atoms with Gasteiger partial charge in [0.25, 0.3) is 0 Å². The summed E-state index contributed by atoms with van der Waals surface area (Å²) in [6, 6.07) is 5.31. The van der Waals surface area contributed by atoms with E-state index >= 15 is 0 Å². The number of fused-ring (bicyclic) bond motifs is 3. The number of nitrogens with zero attached hydrogens (tertiary/aromatic N) is 2. The number of hydrogen-bond donors (Lipinski definition) is 3. The van der Waals surface area contributed by atoms with Crippen LogP contribution in [0.5, 0.6) is 0 Å². The van der Waals surface area contributed by atoms with Gasteiger partial charge >= 0.3 is 0 Å². The van der Waals surface area contributed by atoms with Crippen LogP contribution in [0.4, 0.5) is 0 Å². The first-order valence-electron chi connectivity index (χ1n) is 7.12. The SMILES string of the molecule is NC(=O)c1ccc2[nH]c3ncnc(C4CNCCO4)c3c2c1. The predicted molar refractivity (Wildman–Crippen MR) is 81.5 cm³/mol. The van der Waals surface area contributed by atoms with Gasteiger partial charge in [-0.25, -0.2) is 9.97 Å². The van der Waals surface area contributed by atoms with Crippen molar-refractivity contribution < 1.29 is 9.53 Å². The molecule has 1 amide bonds. The van der Waals surface area contributed by atoms with Crippen LogP contribution in [0.25, 0.3) is 21.9 Å². The topological polar surface area (TPSA) is 106 Å². The summed E-state index contributed by atoms with van der Waals surface area (Å²) in [5.41, 5.74) is 8.30. The molecule has 1 aromatic carbocycles. The maximum Gasteiger partial charge on any atom is 0.248 e. The number of amides is 1. The Bertz CT molecular complexity index is 867. The van der Waals surface area contributed by atoms with Crippen LogP contribution in [0.2, 0.25) is 0 Å². The van der Waals surface area contributed by atoms with Crippen molar-refractivity contribution in [3.63, 3.8) is 0 Å². The van der Waals surface area contributed by atoms with Gasteiger partial charge in [0.15, 0.2) is 0 Å². The van der Waals surface area contributed by atoms with E-state index in [9.17, 15) is 4.79 Å². The molecular weight excluding hydrogens is 282 g/mol. The molecule has 112 valence electrons. The van der Waals surface area contributed by atoms with Crippen molar-refractivity contribution in [2.75, 3.05) is 19.7 Å². The molecule has 2 aromatic heterocycles. The van der Waals surface area contributed by atoms with Crippen molar-refractivity contribution in [3.05, 3.63) is 35.8 Å². The standard InChI is InChI=1S/C15H15N5O2/c16-14(21)8-1-2-10-9(5-8)12-13(11-6-17-3-4-22-11)18-7-19-15(12)20-10/h1-2,5,7,11,17H,3-4,6H2,(H2,16,21)(H,18,19,20). The molecule has 0 aliphatic carbocycles. The van der Waals surface area contributed by atoms with E-state index in [0.717, 1.165) is 34.2 Å². The van der Waals surface area contributed by atoms with Crippen molar-refractivity contribution in [1.29, 1.82) is 0 Å². The zero-order valence-electron chi connectivity index (χ0n) is 11.8. The summed E-state index contributed by atoms with van der Waals surface area (Å²) in [6.07, 6.45) is 1.40. The van der Waals surface area contributed by atoms with E-state index in [2.05, 4.69) is 20.3 Å². The van der Waals surface area contributed by atoms with Crippen molar-refractivity contribution in [2.24, 2.45) is 5.73 Å². The van der Waals surface area contributed by atoms with Crippen molar-refractivity contribution in [3.8, 4) is 0 Å². The maximum absolute atomic E-state index is 11.4. The van der Waals surface area contributed by atoms with Crippen LogP contribution < -0.4 is 11.1 Å². The monoisotopic (exact) mass is 297 g/mol. The van der Waals surface area contributed by atoms with E-state index < -0.39 is 5.91 Å². The highest BCUT2D eigenvalue weighted by Crippen LogP contribution is 2.31. The fourth-order valence-corrected chi connectivity index (χ4v) is 2.89. The van der Waals surface area contributed by atoms with Gasteiger partial charge in [0.1, 0.15) is 18.1 Å². The highest BCUT2D eigenvalue weighted by molar-refractivity contribution is 6.09. The predicted octanol–water partition coefficient (Wildman–Crippen LogP) is 0.871. The van der Waals surface area contributed by atoms with Gasteiger partial charge < -0.3 is 20.8 Å². The molecule has 0 spiro atoms. The zero-order chi connectivity index (χ0) is 15.1. The number of nitrogens with one attached hydrogen (secondary N) is 2. The number of carbonyl (C=O) groups excluding carboxylic acids is 1. The molecule has 22 heavy (non-hydrogen) atoms.